The number of hydrogen-bond acceptors (Lipinski definition) is 5. The van der Waals surface area contributed by atoms with E-state index in [4.69, 9.17) is 43.6 Å². The maximum atomic E-state index is 12.5. The molecule has 0 aliphatic rings. The number of pyridine rings is 1. The highest BCUT2D eigenvalue weighted by atomic mass is 35.5. The minimum Gasteiger partial charge on any atom is -0.457 e. The smallest absolute Gasteiger partial charge is 0.248 e. The highest BCUT2D eigenvalue weighted by molar-refractivity contribution is 6.36. The predicted molar refractivity (Wildman–Crippen MR) is 134 cm³/mol. The van der Waals surface area contributed by atoms with Crippen molar-refractivity contribution < 1.29 is 13.6 Å². The van der Waals surface area contributed by atoms with Crippen molar-refractivity contribution in [3.05, 3.63) is 93.8 Å². The molecule has 0 unspecified atom stereocenters. The van der Waals surface area contributed by atoms with Gasteiger partial charge in [0.1, 0.15) is 11.5 Å². The summed E-state index contributed by atoms with van der Waals surface area (Å²) in [5.41, 5.74) is 2.83. The van der Waals surface area contributed by atoms with Gasteiger partial charge in [0.15, 0.2) is 11.2 Å². The predicted octanol–water partition coefficient (Wildman–Crippen LogP) is 7.76. The zero-order chi connectivity index (χ0) is 23.7. The number of nitrogens with one attached hydrogen (secondary N) is 1. The number of amides is 1. The fraction of sp³-hybridized carbons (Fsp3) is 0. The van der Waals surface area contributed by atoms with Gasteiger partial charge in [0.2, 0.25) is 11.8 Å². The molecule has 5 rings (SSSR count). The molecular formula is C25H14Cl3N3O3. The Balaban J connectivity index is 1.32. The van der Waals surface area contributed by atoms with Gasteiger partial charge in [0, 0.05) is 28.4 Å². The lowest BCUT2D eigenvalue weighted by Gasteiger charge is -2.06. The standard InChI is InChI=1S/C25H14Cl3N3O3/c26-15-4-7-17(19(28)13-15)21-9-5-16(33-21)6-10-23(32)30-20-12-14(3-8-18(20)27)25-31-24-22(34-25)2-1-11-29-24/h1-13H,(H,30,32)/b10-6+. The highest BCUT2D eigenvalue weighted by Gasteiger charge is 2.12. The molecule has 0 aliphatic heterocycles. The molecule has 1 N–H and O–H groups in total. The Kier molecular flexibility index (Phi) is 6.11. The molecule has 34 heavy (non-hydrogen) atoms. The summed E-state index contributed by atoms with van der Waals surface area (Å²) in [7, 11) is 0. The summed E-state index contributed by atoms with van der Waals surface area (Å²) < 4.78 is 11.5. The van der Waals surface area contributed by atoms with Crippen molar-refractivity contribution in [2.24, 2.45) is 0 Å². The molecule has 0 radical (unpaired) electrons. The fourth-order valence-electron chi connectivity index (χ4n) is 3.26. The van der Waals surface area contributed by atoms with E-state index in [1.165, 1.54) is 6.08 Å². The largest absolute Gasteiger partial charge is 0.457 e. The minimum absolute atomic E-state index is 0.373. The number of benzene rings is 2. The van der Waals surface area contributed by atoms with Gasteiger partial charge in [0.05, 0.1) is 15.7 Å². The van der Waals surface area contributed by atoms with E-state index in [-0.39, 0.29) is 5.91 Å². The van der Waals surface area contributed by atoms with E-state index in [0.717, 1.165) is 0 Å². The number of nitrogens with zero attached hydrogens (tertiary/aromatic N) is 2. The number of anilines is 1. The summed E-state index contributed by atoms with van der Waals surface area (Å²) in [6, 6.07) is 17.3. The summed E-state index contributed by atoms with van der Waals surface area (Å²) in [5.74, 6) is 1.03. The van der Waals surface area contributed by atoms with E-state index < -0.39 is 0 Å². The van der Waals surface area contributed by atoms with E-state index in [1.54, 1.807) is 72.9 Å². The molecule has 3 heterocycles. The van der Waals surface area contributed by atoms with Crippen molar-refractivity contribution in [2.45, 2.75) is 0 Å². The molecule has 0 spiro atoms. The van der Waals surface area contributed by atoms with Crippen LogP contribution < -0.4 is 5.32 Å². The zero-order valence-corrected chi connectivity index (χ0v) is 19.5. The van der Waals surface area contributed by atoms with Crippen LogP contribution in [0.2, 0.25) is 15.1 Å². The normalized spacial score (nSPS) is 11.4. The molecule has 9 heteroatoms. The third kappa shape index (κ3) is 4.70. The Hall–Kier alpha value is -3.58. The number of hydrogen-bond donors (Lipinski definition) is 1. The van der Waals surface area contributed by atoms with Crippen LogP contribution in [0.5, 0.6) is 0 Å². The lowest BCUT2D eigenvalue weighted by Crippen LogP contribution is -2.08. The van der Waals surface area contributed by atoms with E-state index in [2.05, 4.69) is 15.3 Å². The number of aromatic nitrogens is 2. The third-order valence-corrected chi connectivity index (χ3v) is 5.74. The summed E-state index contributed by atoms with van der Waals surface area (Å²) >= 11 is 18.5. The second-order valence-electron chi connectivity index (χ2n) is 7.19. The Morgan fingerprint density at radius 3 is 2.65 bits per heavy atom. The average Bonchev–Trinajstić information content (AvgIpc) is 3.46. The van der Waals surface area contributed by atoms with Crippen molar-refractivity contribution in [3.8, 4) is 22.8 Å². The second-order valence-corrected chi connectivity index (χ2v) is 8.44. The van der Waals surface area contributed by atoms with Crippen LogP contribution in [-0.4, -0.2) is 15.9 Å². The van der Waals surface area contributed by atoms with Gasteiger partial charge in [0.25, 0.3) is 0 Å². The Bertz CT molecular complexity index is 1520. The second kappa shape index (κ2) is 9.35. The van der Waals surface area contributed by atoms with Crippen LogP contribution in [0.1, 0.15) is 5.76 Å². The lowest BCUT2D eigenvalue weighted by molar-refractivity contribution is -0.111. The molecule has 2 aromatic carbocycles. The van der Waals surface area contributed by atoms with Crippen LogP contribution >= 0.6 is 34.8 Å². The van der Waals surface area contributed by atoms with Gasteiger partial charge in [-0.25, -0.2) is 4.98 Å². The molecule has 0 saturated carbocycles. The molecule has 0 fully saturated rings. The van der Waals surface area contributed by atoms with Gasteiger partial charge >= 0.3 is 0 Å². The molecular weight excluding hydrogens is 497 g/mol. The maximum Gasteiger partial charge on any atom is 0.248 e. The summed E-state index contributed by atoms with van der Waals surface area (Å²) in [5, 5.41) is 4.14. The number of furan rings is 1. The summed E-state index contributed by atoms with van der Waals surface area (Å²) in [6.07, 6.45) is 4.53. The first-order chi connectivity index (χ1) is 16.5. The van der Waals surface area contributed by atoms with Gasteiger partial charge in [-0.2, -0.15) is 4.98 Å². The van der Waals surface area contributed by atoms with E-state index >= 15 is 0 Å². The fourth-order valence-corrected chi connectivity index (χ4v) is 3.92. The molecule has 0 aliphatic carbocycles. The topological polar surface area (TPSA) is 81.2 Å². The first kappa shape index (κ1) is 22.2. The minimum atomic E-state index is -0.388. The summed E-state index contributed by atoms with van der Waals surface area (Å²) in [6.45, 7) is 0. The van der Waals surface area contributed by atoms with Crippen molar-refractivity contribution in [1.29, 1.82) is 0 Å². The molecule has 5 aromatic rings. The SMILES string of the molecule is O=C(/C=C/c1ccc(-c2ccc(Cl)cc2Cl)o1)Nc1cc(-c2nc3ncccc3o2)ccc1Cl. The first-order valence-electron chi connectivity index (χ1n) is 10.0. The number of oxazole rings is 1. The van der Waals surface area contributed by atoms with E-state index in [0.29, 0.717) is 60.5 Å². The maximum absolute atomic E-state index is 12.5. The van der Waals surface area contributed by atoms with Gasteiger partial charge in [-0.15, -0.1) is 0 Å². The van der Waals surface area contributed by atoms with Crippen molar-refractivity contribution in [2.75, 3.05) is 5.32 Å². The lowest BCUT2D eigenvalue weighted by atomic mass is 10.2. The molecule has 0 bridgehead atoms. The van der Waals surface area contributed by atoms with Crippen molar-refractivity contribution in [3.63, 3.8) is 0 Å². The molecule has 3 aromatic heterocycles. The van der Waals surface area contributed by atoms with Gasteiger partial charge < -0.3 is 14.2 Å². The van der Waals surface area contributed by atoms with Crippen molar-refractivity contribution >= 4 is 63.7 Å². The molecule has 168 valence electrons. The van der Waals surface area contributed by atoms with Gasteiger partial charge in [-0.3, -0.25) is 4.79 Å². The molecule has 1 amide bonds. The molecule has 0 atom stereocenters. The average molecular weight is 511 g/mol. The van der Waals surface area contributed by atoms with Crippen LogP contribution in [0.25, 0.3) is 40.1 Å². The quantitative estimate of drug-likeness (QED) is 0.244. The van der Waals surface area contributed by atoms with Crippen LogP contribution in [0.4, 0.5) is 5.69 Å². The van der Waals surface area contributed by atoms with Crippen molar-refractivity contribution in [1.82, 2.24) is 9.97 Å². The number of rotatable bonds is 5. The van der Waals surface area contributed by atoms with Crippen LogP contribution in [0.15, 0.2) is 81.8 Å². The Morgan fingerprint density at radius 1 is 0.941 bits per heavy atom. The van der Waals surface area contributed by atoms with E-state index in [1.807, 2.05) is 0 Å². The number of fused-ring (bicyclic) bond motifs is 1. The van der Waals surface area contributed by atoms with E-state index in [9.17, 15) is 4.79 Å². The van der Waals surface area contributed by atoms with Crippen LogP contribution in [0, 0.1) is 0 Å². The number of halogens is 3. The third-order valence-electron chi connectivity index (χ3n) is 4.86. The van der Waals surface area contributed by atoms with Crippen LogP contribution in [0.3, 0.4) is 0 Å². The molecule has 0 saturated heterocycles. The first-order valence-corrected chi connectivity index (χ1v) is 11.2. The number of carbonyl (C=O) groups excluding carboxylic acids is 1. The van der Waals surface area contributed by atoms with Gasteiger partial charge in [-0.05, 0) is 66.7 Å². The zero-order valence-electron chi connectivity index (χ0n) is 17.3. The Morgan fingerprint density at radius 2 is 1.82 bits per heavy atom. The monoisotopic (exact) mass is 509 g/mol. The summed E-state index contributed by atoms with van der Waals surface area (Å²) in [4.78, 5) is 21.0. The van der Waals surface area contributed by atoms with Gasteiger partial charge in [-0.1, -0.05) is 34.8 Å². The number of carbonyl (C=O) groups is 1. The molecule has 6 nitrogen and oxygen atoms in total. The highest BCUT2D eigenvalue weighted by Crippen LogP contribution is 2.32. The van der Waals surface area contributed by atoms with Crippen LogP contribution in [-0.2, 0) is 4.79 Å². The Labute approximate surface area is 208 Å².